The van der Waals surface area contributed by atoms with Crippen molar-refractivity contribution in [3.63, 3.8) is 0 Å². The Morgan fingerprint density at radius 3 is 2.69 bits per heavy atom. The Morgan fingerprint density at radius 1 is 1.08 bits per heavy atom. The number of allylic oxidation sites excluding steroid dienone is 2. The number of ether oxygens (including phenoxy) is 4. The van der Waals surface area contributed by atoms with Crippen LogP contribution < -0.4 is 14.8 Å². The Balaban J connectivity index is 1.15. The van der Waals surface area contributed by atoms with E-state index in [4.69, 9.17) is 18.9 Å². The zero-order valence-corrected chi connectivity index (χ0v) is 26.9. The summed E-state index contributed by atoms with van der Waals surface area (Å²) in [4.78, 5) is 28.6. The van der Waals surface area contributed by atoms with Gasteiger partial charge < -0.3 is 44.5 Å². The van der Waals surface area contributed by atoms with Crippen LogP contribution in [0.2, 0.25) is 0 Å². The number of fused-ring (bicyclic) bond motifs is 6. The lowest BCUT2D eigenvalue weighted by atomic mass is 9.79. The van der Waals surface area contributed by atoms with E-state index in [0.717, 1.165) is 28.0 Å². The molecular formula is C37H40N2O9. The number of hydrogen-bond acceptors (Lipinski definition) is 10. The standard InChI is InChI=1S/C37H40N2O9/c1-20-14-26-34(29(40)15-20)25-16-22-8-6-12-31(47-33-18-30(41)35(43)21(2)46-33)24(22)17-28(25)39-13-7-11-27(37(44)48-36(26)39)38-32(42)19-45-23-9-4-3-5-10-23/h3-6,8-10,12,14-15,21,27,30,33,35-36,40-41,43H,7,11,13,16-19H2,1-2H3,(H,38,42)/t21-,27-,30+,33-,35-,36?/m0/s1. The van der Waals surface area contributed by atoms with E-state index < -0.39 is 48.7 Å². The molecule has 1 unspecified atom stereocenters. The minimum Gasteiger partial charge on any atom is -0.507 e. The number of nitrogens with one attached hydrogen (secondary N) is 1. The summed E-state index contributed by atoms with van der Waals surface area (Å²) in [5.41, 5.74) is 6.05. The van der Waals surface area contributed by atoms with Crippen molar-refractivity contribution >= 4 is 17.4 Å². The van der Waals surface area contributed by atoms with E-state index in [-0.39, 0.29) is 18.8 Å². The quantitative estimate of drug-likeness (QED) is 0.290. The fourth-order valence-electron chi connectivity index (χ4n) is 7.22. The number of carbonyl (C=O) groups excluding carboxylic acids is 2. The molecule has 252 valence electrons. The average molecular weight is 657 g/mol. The molecule has 3 heterocycles. The molecule has 2 fully saturated rings. The third-order valence-electron chi connectivity index (χ3n) is 9.57. The molecule has 3 aromatic rings. The third kappa shape index (κ3) is 6.21. The van der Waals surface area contributed by atoms with Crippen LogP contribution in [0.4, 0.5) is 0 Å². The van der Waals surface area contributed by atoms with Gasteiger partial charge in [0.15, 0.2) is 6.61 Å². The molecule has 0 bridgehead atoms. The van der Waals surface area contributed by atoms with Gasteiger partial charge in [0.2, 0.25) is 12.5 Å². The van der Waals surface area contributed by atoms with Crippen molar-refractivity contribution in [1.29, 1.82) is 0 Å². The summed E-state index contributed by atoms with van der Waals surface area (Å²) >= 11 is 0. The van der Waals surface area contributed by atoms with Gasteiger partial charge in [-0.1, -0.05) is 30.3 Å². The monoisotopic (exact) mass is 656 g/mol. The van der Waals surface area contributed by atoms with E-state index in [1.165, 1.54) is 0 Å². The number of aromatic hydroxyl groups is 1. The van der Waals surface area contributed by atoms with Crippen LogP contribution in [0.3, 0.4) is 0 Å². The van der Waals surface area contributed by atoms with Crippen LogP contribution in [0.1, 0.15) is 60.2 Å². The summed E-state index contributed by atoms with van der Waals surface area (Å²) in [6.45, 7) is 3.90. The predicted octanol–water partition coefficient (Wildman–Crippen LogP) is 3.66. The number of rotatable bonds is 6. The smallest absolute Gasteiger partial charge is 0.330 e. The molecule has 7 rings (SSSR count). The van der Waals surface area contributed by atoms with Crippen molar-refractivity contribution in [1.82, 2.24) is 10.2 Å². The highest BCUT2D eigenvalue weighted by atomic mass is 16.7. The number of hydrogen-bond donors (Lipinski definition) is 4. The van der Waals surface area contributed by atoms with Gasteiger partial charge in [-0.15, -0.1) is 0 Å². The molecule has 48 heavy (non-hydrogen) atoms. The number of phenols is 1. The number of esters is 1. The maximum atomic E-state index is 13.7. The van der Waals surface area contributed by atoms with Crippen molar-refractivity contribution in [2.24, 2.45) is 0 Å². The van der Waals surface area contributed by atoms with E-state index in [0.29, 0.717) is 54.9 Å². The van der Waals surface area contributed by atoms with Crippen LogP contribution >= 0.6 is 0 Å². The lowest BCUT2D eigenvalue weighted by Gasteiger charge is -2.45. The molecule has 4 N–H and O–H groups in total. The van der Waals surface area contributed by atoms with Gasteiger partial charge in [0, 0.05) is 48.2 Å². The largest absolute Gasteiger partial charge is 0.507 e. The molecule has 1 aliphatic carbocycles. The summed E-state index contributed by atoms with van der Waals surface area (Å²) in [6, 6.07) is 17.6. The molecule has 0 spiro atoms. The third-order valence-corrected chi connectivity index (χ3v) is 9.57. The number of aryl methyl sites for hydroxylation is 1. The van der Waals surface area contributed by atoms with Gasteiger partial charge >= 0.3 is 5.97 Å². The summed E-state index contributed by atoms with van der Waals surface area (Å²) in [6.07, 6.45) is -2.01. The van der Waals surface area contributed by atoms with Crippen LogP contribution in [-0.2, 0) is 31.9 Å². The van der Waals surface area contributed by atoms with Crippen molar-refractivity contribution in [3.8, 4) is 17.2 Å². The van der Waals surface area contributed by atoms with Gasteiger partial charge in [-0.25, -0.2) is 4.79 Å². The molecule has 11 nitrogen and oxygen atoms in total. The molecule has 0 saturated carbocycles. The van der Waals surface area contributed by atoms with Crippen molar-refractivity contribution < 1.29 is 43.9 Å². The van der Waals surface area contributed by atoms with Crippen LogP contribution in [0, 0.1) is 6.92 Å². The normalized spacial score (nSPS) is 26.5. The zero-order chi connectivity index (χ0) is 33.5. The maximum absolute atomic E-state index is 13.7. The minimum absolute atomic E-state index is 0.117. The van der Waals surface area contributed by atoms with Crippen LogP contribution in [0.5, 0.6) is 17.2 Å². The van der Waals surface area contributed by atoms with Gasteiger partial charge in [0.25, 0.3) is 5.91 Å². The number of carbonyl (C=O) groups is 2. The van der Waals surface area contributed by atoms with Gasteiger partial charge in [0.05, 0.1) is 12.2 Å². The summed E-state index contributed by atoms with van der Waals surface area (Å²) in [5, 5.41) is 34.6. The molecular weight excluding hydrogens is 616 g/mol. The van der Waals surface area contributed by atoms with Crippen molar-refractivity contribution in [3.05, 3.63) is 94.2 Å². The molecule has 0 radical (unpaired) electrons. The second kappa shape index (κ2) is 13.1. The highest BCUT2D eigenvalue weighted by molar-refractivity contribution is 5.86. The molecule has 2 saturated heterocycles. The number of para-hydroxylation sites is 1. The van der Waals surface area contributed by atoms with E-state index in [1.807, 2.05) is 49.4 Å². The predicted molar refractivity (Wildman–Crippen MR) is 174 cm³/mol. The number of aliphatic hydroxyl groups excluding tert-OH is 2. The Bertz CT molecular complexity index is 1730. The number of amides is 1. The van der Waals surface area contributed by atoms with Crippen LogP contribution in [0.15, 0.2) is 66.4 Å². The summed E-state index contributed by atoms with van der Waals surface area (Å²) < 4.78 is 24.0. The molecule has 6 atom stereocenters. The van der Waals surface area contributed by atoms with E-state index in [2.05, 4.69) is 10.2 Å². The minimum atomic E-state index is -0.983. The first-order chi connectivity index (χ1) is 23.2. The lowest BCUT2D eigenvalue weighted by Crippen LogP contribution is -2.49. The highest BCUT2D eigenvalue weighted by Crippen LogP contribution is 2.50. The van der Waals surface area contributed by atoms with Gasteiger partial charge in [-0.05, 0) is 73.7 Å². The van der Waals surface area contributed by atoms with Crippen LogP contribution in [-0.4, -0.2) is 75.9 Å². The van der Waals surface area contributed by atoms with E-state index in [9.17, 15) is 24.9 Å². The first kappa shape index (κ1) is 32.0. The number of aliphatic hydroxyl groups is 2. The second-order valence-corrected chi connectivity index (χ2v) is 12.9. The topological polar surface area (TPSA) is 147 Å². The number of phenolic OH excluding ortho intramolecular Hbond substituents is 1. The van der Waals surface area contributed by atoms with Crippen molar-refractivity contribution in [2.45, 2.75) is 82.8 Å². The Morgan fingerprint density at radius 2 is 1.90 bits per heavy atom. The van der Waals surface area contributed by atoms with E-state index in [1.54, 1.807) is 25.1 Å². The average Bonchev–Trinajstić information content (AvgIpc) is 3.05. The molecule has 3 aliphatic heterocycles. The SMILES string of the molecule is Cc1cc(O)c2c(c1)C1OC(=O)[C@@H](NC(=O)COc3ccccc3)CCCN1C1=C2Cc2cccc(O[C@H]3C[C@@H](O)[C@@H](O)[C@H](C)O3)c2C1. The molecule has 11 heteroatoms. The number of nitrogens with zero attached hydrogens (tertiary/aromatic N) is 1. The Hall–Kier alpha value is -4.58. The van der Waals surface area contributed by atoms with Gasteiger partial charge in [-0.3, -0.25) is 4.79 Å². The zero-order valence-electron chi connectivity index (χ0n) is 26.9. The maximum Gasteiger partial charge on any atom is 0.330 e. The molecule has 3 aromatic carbocycles. The van der Waals surface area contributed by atoms with Crippen molar-refractivity contribution in [2.75, 3.05) is 13.2 Å². The summed E-state index contributed by atoms with van der Waals surface area (Å²) in [5.74, 6) is 0.307. The fourth-order valence-corrected chi connectivity index (χ4v) is 7.22. The highest BCUT2D eigenvalue weighted by Gasteiger charge is 2.42. The van der Waals surface area contributed by atoms with Gasteiger partial charge in [0.1, 0.15) is 29.4 Å². The Kier molecular flexibility index (Phi) is 8.76. The lowest BCUT2D eigenvalue weighted by molar-refractivity contribution is -0.216. The van der Waals surface area contributed by atoms with Gasteiger partial charge in [-0.2, -0.15) is 0 Å². The first-order valence-electron chi connectivity index (χ1n) is 16.5. The molecule has 0 aromatic heterocycles. The Labute approximate surface area is 278 Å². The van der Waals surface area contributed by atoms with E-state index >= 15 is 0 Å². The molecule has 1 amide bonds. The molecule has 4 aliphatic rings. The van der Waals surface area contributed by atoms with Crippen LogP contribution in [0.25, 0.3) is 5.57 Å². The fraction of sp³-hybridized carbons (Fsp3) is 0.405. The number of benzene rings is 3. The first-order valence-corrected chi connectivity index (χ1v) is 16.5. The second-order valence-electron chi connectivity index (χ2n) is 12.9. The summed E-state index contributed by atoms with van der Waals surface area (Å²) in [7, 11) is 0.